The molecule has 1 aromatic rings. The summed E-state index contributed by atoms with van der Waals surface area (Å²) in [5, 5.41) is 7.63. The van der Waals surface area contributed by atoms with Crippen molar-refractivity contribution in [1.82, 2.24) is 10.3 Å². The largest absolute Gasteiger partial charge is 0.308 e. The zero-order valence-electron chi connectivity index (χ0n) is 10.4. The van der Waals surface area contributed by atoms with Crippen molar-refractivity contribution in [3.8, 4) is 0 Å². The molecule has 1 fully saturated rings. The summed E-state index contributed by atoms with van der Waals surface area (Å²) in [5.74, 6) is 1.77. The minimum Gasteiger partial charge on any atom is -0.308 e. The molecule has 0 aromatic carbocycles. The van der Waals surface area contributed by atoms with Gasteiger partial charge >= 0.3 is 0 Å². The minimum absolute atomic E-state index is 0.114. The van der Waals surface area contributed by atoms with Crippen LogP contribution in [0.25, 0.3) is 0 Å². The Kier molecular flexibility index (Phi) is 3.62. The number of thiazole rings is 1. The van der Waals surface area contributed by atoms with Gasteiger partial charge in [-0.1, -0.05) is 20.8 Å². The first-order chi connectivity index (χ1) is 7.60. The second-order valence-electron chi connectivity index (χ2n) is 4.72. The highest BCUT2D eigenvalue weighted by Gasteiger charge is 2.43. The Hall–Kier alpha value is -0.0600. The molecule has 2 unspecified atom stereocenters. The van der Waals surface area contributed by atoms with E-state index in [1.54, 1.807) is 0 Å². The number of hydrogen-bond acceptors (Lipinski definition) is 4. The minimum atomic E-state index is 0.114. The van der Waals surface area contributed by atoms with Gasteiger partial charge in [0, 0.05) is 10.6 Å². The molecule has 16 heavy (non-hydrogen) atoms. The molecule has 2 atom stereocenters. The molecule has 2 heterocycles. The zero-order valence-corrected chi connectivity index (χ0v) is 12.0. The van der Waals surface area contributed by atoms with Crippen molar-refractivity contribution in [1.29, 1.82) is 0 Å². The monoisotopic (exact) mass is 256 g/mol. The Morgan fingerprint density at radius 3 is 2.75 bits per heavy atom. The summed E-state index contributed by atoms with van der Waals surface area (Å²) in [6, 6.07) is 0. The molecule has 0 amide bonds. The van der Waals surface area contributed by atoms with E-state index in [0.717, 1.165) is 0 Å². The van der Waals surface area contributed by atoms with Crippen LogP contribution in [0.1, 0.15) is 43.8 Å². The molecule has 0 saturated carbocycles. The van der Waals surface area contributed by atoms with Crippen molar-refractivity contribution in [2.24, 2.45) is 0 Å². The van der Waals surface area contributed by atoms with Crippen LogP contribution in [0.5, 0.6) is 0 Å². The third-order valence-corrected chi connectivity index (χ3v) is 5.88. The van der Waals surface area contributed by atoms with Crippen LogP contribution in [0.4, 0.5) is 0 Å². The van der Waals surface area contributed by atoms with Gasteiger partial charge in [-0.05, 0) is 25.1 Å². The van der Waals surface area contributed by atoms with Crippen LogP contribution in [-0.2, 0) is 5.54 Å². The van der Waals surface area contributed by atoms with Gasteiger partial charge in [0.1, 0.15) is 5.01 Å². The van der Waals surface area contributed by atoms with Gasteiger partial charge in [0.25, 0.3) is 0 Å². The third-order valence-electron chi connectivity index (χ3n) is 3.50. The maximum atomic E-state index is 4.83. The first-order valence-corrected chi connectivity index (χ1v) is 7.79. The Labute approximate surface area is 106 Å². The molecular formula is C12H20N2S2. The maximum absolute atomic E-state index is 4.83. The lowest BCUT2D eigenvalue weighted by atomic mass is 9.93. The van der Waals surface area contributed by atoms with E-state index in [0.29, 0.717) is 11.2 Å². The van der Waals surface area contributed by atoms with Crippen molar-refractivity contribution in [2.45, 2.75) is 43.9 Å². The number of nitrogens with one attached hydrogen (secondary N) is 1. The molecule has 1 aliphatic heterocycles. The lowest BCUT2D eigenvalue weighted by molar-refractivity contribution is 0.361. The third kappa shape index (κ3) is 1.91. The summed E-state index contributed by atoms with van der Waals surface area (Å²) < 4.78 is 0. The fourth-order valence-corrected chi connectivity index (χ4v) is 5.02. The quantitative estimate of drug-likeness (QED) is 0.899. The summed E-state index contributed by atoms with van der Waals surface area (Å²) in [5.41, 5.74) is 1.35. The standard InChI is InChI=1S/C12H20N2S2/c1-8(2)10-7-16-11(14-10)12(13-4)5-6-15-9(12)3/h7-9,13H,5-6H2,1-4H3. The Balaban J connectivity index is 2.33. The van der Waals surface area contributed by atoms with Crippen molar-refractivity contribution < 1.29 is 0 Å². The first kappa shape index (κ1) is 12.4. The summed E-state index contributed by atoms with van der Waals surface area (Å²) in [6.45, 7) is 6.72. The molecule has 0 aliphatic carbocycles. The molecule has 90 valence electrons. The van der Waals surface area contributed by atoms with E-state index in [2.05, 4.69) is 38.5 Å². The number of hydrogen-bond donors (Lipinski definition) is 1. The van der Waals surface area contributed by atoms with E-state index < -0.39 is 0 Å². The topological polar surface area (TPSA) is 24.9 Å². The number of aromatic nitrogens is 1. The summed E-state index contributed by atoms with van der Waals surface area (Å²) >= 11 is 3.86. The normalized spacial score (nSPS) is 30.2. The van der Waals surface area contributed by atoms with Crippen LogP contribution in [0.3, 0.4) is 0 Å². The molecule has 1 aromatic heterocycles. The highest BCUT2D eigenvalue weighted by molar-refractivity contribution is 8.00. The predicted octanol–water partition coefficient (Wildman–Crippen LogP) is 3.21. The van der Waals surface area contributed by atoms with Crippen LogP contribution >= 0.6 is 23.1 Å². The zero-order chi connectivity index (χ0) is 11.8. The molecule has 1 aliphatic rings. The maximum Gasteiger partial charge on any atom is 0.114 e. The second kappa shape index (κ2) is 4.67. The van der Waals surface area contributed by atoms with Gasteiger partial charge in [0.15, 0.2) is 0 Å². The van der Waals surface area contributed by atoms with Gasteiger partial charge in [0.05, 0.1) is 11.2 Å². The van der Waals surface area contributed by atoms with Gasteiger partial charge in [-0.3, -0.25) is 0 Å². The summed E-state index contributed by atoms with van der Waals surface area (Å²) in [7, 11) is 2.07. The average molecular weight is 256 g/mol. The van der Waals surface area contributed by atoms with Gasteiger partial charge in [-0.2, -0.15) is 11.8 Å². The molecule has 2 nitrogen and oxygen atoms in total. The van der Waals surface area contributed by atoms with Crippen LogP contribution in [0.2, 0.25) is 0 Å². The van der Waals surface area contributed by atoms with Crippen LogP contribution in [-0.4, -0.2) is 23.0 Å². The molecule has 1 saturated heterocycles. The highest BCUT2D eigenvalue weighted by Crippen LogP contribution is 2.44. The first-order valence-electron chi connectivity index (χ1n) is 5.86. The smallest absolute Gasteiger partial charge is 0.114 e. The SMILES string of the molecule is CNC1(c2nc(C(C)C)cs2)CCSC1C. The number of thioether (sulfide) groups is 1. The molecule has 0 spiro atoms. The molecule has 1 N–H and O–H groups in total. The van der Waals surface area contributed by atoms with Crippen molar-refractivity contribution in [3.63, 3.8) is 0 Å². The van der Waals surface area contributed by atoms with E-state index in [1.165, 1.54) is 22.9 Å². The molecular weight excluding hydrogens is 236 g/mol. The lowest BCUT2D eigenvalue weighted by Gasteiger charge is -2.30. The number of rotatable bonds is 3. The van der Waals surface area contributed by atoms with E-state index in [1.807, 2.05) is 23.1 Å². The Morgan fingerprint density at radius 1 is 1.56 bits per heavy atom. The van der Waals surface area contributed by atoms with Crippen molar-refractivity contribution >= 4 is 23.1 Å². The number of nitrogens with zero attached hydrogens (tertiary/aromatic N) is 1. The van der Waals surface area contributed by atoms with Crippen LogP contribution in [0, 0.1) is 0 Å². The van der Waals surface area contributed by atoms with E-state index >= 15 is 0 Å². The van der Waals surface area contributed by atoms with Crippen LogP contribution in [0.15, 0.2) is 5.38 Å². The predicted molar refractivity (Wildman–Crippen MR) is 73.5 cm³/mol. The molecule has 0 radical (unpaired) electrons. The van der Waals surface area contributed by atoms with E-state index in [4.69, 9.17) is 4.98 Å². The van der Waals surface area contributed by atoms with Crippen molar-refractivity contribution in [2.75, 3.05) is 12.8 Å². The summed E-state index contributed by atoms with van der Waals surface area (Å²) in [4.78, 5) is 4.83. The summed E-state index contributed by atoms with van der Waals surface area (Å²) in [6.07, 6.45) is 1.19. The average Bonchev–Trinajstić information content (AvgIpc) is 2.84. The van der Waals surface area contributed by atoms with Gasteiger partial charge in [-0.15, -0.1) is 11.3 Å². The Morgan fingerprint density at radius 2 is 2.31 bits per heavy atom. The van der Waals surface area contributed by atoms with Crippen LogP contribution < -0.4 is 5.32 Å². The van der Waals surface area contributed by atoms with Gasteiger partial charge < -0.3 is 5.32 Å². The fourth-order valence-electron chi connectivity index (χ4n) is 2.21. The highest BCUT2D eigenvalue weighted by atomic mass is 32.2. The lowest BCUT2D eigenvalue weighted by Crippen LogP contribution is -2.44. The fraction of sp³-hybridized carbons (Fsp3) is 0.750. The molecule has 0 bridgehead atoms. The van der Waals surface area contributed by atoms with E-state index in [-0.39, 0.29) is 5.54 Å². The molecule has 2 rings (SSSR count). The van der Waals surface area contributed by atoms with Crippen molar-refractivity contribution in [3.05, 3.63) is 16.1 Å². The van der Waals surface area contributed by atoms with Gasteiger partial charge in [0.2, 0.25) is 0 Å². The van der Waals surface area contributed by atoms with E-state index in [9.17, 15) is 0 Å². The second-order valence-corrected chi connectivity index (χ2v) is 7.02. The molecule has 4 heteroatoms. The Bertz CT molecular complexity index is 362. The van der Waals surface area contributed by atoms with Gasteiger partial charge in [-0.25, -0.2) is 4.98 Å².